The summed E-state index contributed by atoms with van der Waals surface area (Å²) in [5, 5.41) is 11.3. The maximum atomic E-state index is 13.5. The second kappa shape index (κ2) is 5.24. The van der Waals surface area contributed by atoms with Crippen molar-refractivity contribution in [3.05, 3.63) is 40.4 Å². The Bertz CT molecular complexity index is 649. The van der Waals surface area contributed by atoms with Crippen LogP contribution in [0.25, 0.3) is 0 Å². The molecule has 20 heavy (non-hydrogen) atoms. The molecule has 0 saturated heterocycles. The molecule has 7 heteroatoms. The summed E-state index contributed by atoms with van der Waals surface area (Å²) < 4.78 is 26.2. The van der Waals surface area contributed by atoms with Crippen molar-refractivity contribution in [3.8, 4) is 0 Å². The Balaban J connectivity index is 2.17. The van der Waals surface area contributed by atoms with Crippen molar-refractivity contribution in [2.45, 2.75) is 26.2 Å². The molecule has 0 bridgehead atoms. The van der Waals surface area contributed by atoms with E-state index in [1.807, 2.05) is 20.8 Å². The largest absolute Gasteiger partial charge is 0.296 e. The molecule has 0 aliphatic heterocycles. The number of nitrogens with zero attached hydrogens (tertiary/aromatic N) is 2. The Kier molecular flexibility index (Phi) is 3.80. The SMILES string of the molecule is CC(C)(C)c1nnc(NC(=O)c2ccc(F)cc2F)s1. The van der Waals surface area contributed by atoms with Crippen LogP contribution in [-0.4, -0.2) is 16.1 Å². The summed E-state index contributed by atoms with van der Waals surface area (Å²) in [4.78, 5) is 11.9. The van der Waals surface area contributed by atoms with Crippen LogP contribution in [0.3, 0.4) is 0 Å². The van der Waals surface area contributed by atoms with Crippen molar-refractivity contribution < 1.29 is 13.6 Å². The number of carbonyl (C=O) groups is 1. The predicted octanol–water partition coefficient (Wildman–Crippen LogP) is 3.37. The molecular weight excluding hydrogens is 284 g/mol. The van der Waals surface area contributed by atoms with E-state index in [1.54, 1.807) is 0 Å². The van der Waals surface area contributed by atoms with Crippen LogP contribution in [0.15, 0.2) is 18.2 Å². The van der Waals surface area contributed by atoms with Crippen molar-refractivity contribution in [2.24, 2.45) is 0 Å². The Hall–Kier alpha value is -1.89. The number of hydrogen-bond donors (Lipinski definition) is 1. The maximum Gasteiger partial charge on any atom is 0.260 e. The zero-order valence-electron chi connectivity index (χ0n) is 11.2. The van der Waals surface area contributed by atoms with Crippen LogP contribution in [0.2, 0.25) is 0 Å². The van der Waals surface area contributed by atoms with E-state index >= 15 is 0 Å². The zero-order chi connectivity index (χ0) is 14.9. The van der Waals surface area contributed by atoms with Gasteiger partial charge in [-0.25, -0.2) is 8.78 Å². The van der Waals surface area contributed by atoms with E-state index in [-0.39, 0.29) is 16.1 Å². The Morgan fingerprint density at radius 3 is 2.50 bits per heavy atom. The molecule has 2 aromatic rings. The molecule has 0 spiro atoms. The molecule has 0 aliphatic rings. The molecule has 1 N–H and O–H groups in total. The van der Waals surface area contributed by atoms with Crippen LogP contribution in [0.5, 0.6) is 0 Å². The van der Waals surface area contributed by atoms with Gasteiger partial charge >= 0.3 is 0 Å². The van der Waals surface area contributed by atoms with Crippen molar-refractivity contribution in [3.63, 3.8) is 0 Å². The molecule has 1 aromatic heterocycles. The highest BCUT2D eigenvalue weighted by atomic mass is 32.1. The van der Waals surface area contributed by atoms with Gasteiger partial charge in [-0.1, -0.05) is 32.1 Å². The molecule has 0 saturated carbocycles. The number of halogens is 2. The first-order chi connectivity index (χ1) is 9.27. The molecule has 0 atom stereocenters. The van der Waals surface area contributed by atoms with E-state index < -0.39 is 17.5 Å². The lowest BCUT2D eigenvalue weighted by atomic mass is 9.98. The van der Waals surface area contributed by atoms with E-state index in [2.05, 4.69) is 15.5 Å². The van der Waals surface area contributed by atoms with E-state index in [0.29, 0.717) is 6.07 Å². The summed E-state index contributed by atoms with van der Waals surface area (Å²) in [6.45, 7) is 5.91. The van der Waals surface area contributed by atoms with Gasteiger partial charge in [-0.3, -0.25) is 10.1 Å². The van der Waals surface area contributed by atoms with E-state index in [1.165, 1.54) is 11.3 Å². The van der Waals surface area contributed by atoms with Gasteiger partial charge in [0.2, 0.25) is 5.13 Å². The first kappa shape index (κ1) is 14.5. The quantitative estimate of drug-likeness (QED) is 0.924. The first-order valence-corrected chi connectivity index (χ1v) is 6.69. The molecule has 0 radical (unpaired) electrons. The molecule has 0 aliphatic carbocycles. The molecule has 1 aromatic carbocycles. The predicted molar refractivity (Wildman–Crippen MR) is 72.9 cm³/mol. The Morgan fingerprint density at radius 1 is 1.25 bits per heavy atom. The summed E-state index contributed by atoms with van der Waals surface area (Å²) in [5.41, 5.74) is -0.416. The minimum atomic E-state index is -0.914. The molecular formula is C13H13F2N3OS. The highest BCUT2D eigenvalue weighted by Gasteiger charge is 2.21. The van der Waals surface area contributed by atoms with E-state index in [0.717, 1.165) is 17.1 Å². The first-order valence-electron chi connectivity index (χ1n) is 5.88. The normalized spacial score (nSPS) is 11.4. The number of rotatable bonds is 2. The van der Waals surface area contributed by atoms with Crippen LogP contribution in [0, 0.1) is 11.6 Å². The van der Waals surface area contributed by atoms with Crippen molar-refractivity contribution >= 4 is 22.4 Å². The van der Waals surface area contributed by atoms with Gasteiger partial charge in [-0.05, 0) is 12.1 Å². The zero-order valence-corrected chi connectivity index (χ0v) is 12.0. The number of hydrogen-bond acceptors (Lipinski definition) is 4. The summed E-state index contributed by atoms with van der Waals surface area (Å²) in [7, 11) is 0. The molecule has 0 unspecified atom stereocenters. The number of nitrogens with one attached hydrogen (secondary N) is 1. The Labute approximate surface area is 118 Å². The Morgan fingerprint density at radius 2 is 1.95 bits per heavy atom. The minimum Gasteiger partial charge on any atom is -0.296 e. The molecule has 106 valence electrons. The minimum absolute atomic E-state index is 0.179. The van der Waals surface area contributed by atoms with Crippen molar-refractivity contribution in [1.82, 2.24) is 10.2 Å². The standard InChI is InChI=1S/C13H13F2N3OS/c1-13(2,3)11-17-18-12(20-11)16-10(19)8-5-4-7(14)6-9(8)15/h4-6H,1-3H3,(H,16,18,19). The summed E-state index contributed by atoms with van der Waals surface area (Å²) in [5.74, 6) is -2.33. The number of amides is 1. The van der Waals surface area contributed by atoms with Crippen LogP contribution in [-0.2, 0) is 5.41 Å². The number of aromatic nitrogens is 2. The summed E-state index contributed by atoms with van der Waals surface area (Å²) in [6.07, 6.45) is 0. The highest BCUT2D eigenvalue weighted by Crippen LogP contribution is 2.28. The fraction of sp³-hybridized carbons (Fsp3) is 0.308. The van der Waals surface area contributed by atoms with Gasteiger partial charge in [0.1, 0.15) is 16.6 Å². The third-order valence-corrected chi connectivity index (χ3v) is 3.73. The topological polar surface area (TPSA) is 54.9 Å². The molecule has 0 fully saturated rings. The van der Waals surface area contributed by atoms with Crippen LogP contribution < -0.4 is 5.32 Å². The van der Waals surface area contributed by atoms with Gasteiger partial charge in [0.15, 0.2) is 0 Å². The van der Waals surface area contributed by atoms with Crippen LogP contribution in [0.4, 0.5) is 13.9 Å². The molecule has 2 rings (SSSR count). The number of benzene rings is 1. The van der Waals surface area contributed by atoms with Crippen LogP contribution in [0.1, 0.15) is 36.1 Å². The lowest BCUT2D eigenvalue weighted by molar-refractivity contribution is 0.102. The summed E-state index contributed by atoms with van der Waals surface area (Å²) >= 11 is 1.22. The fourth-order valence-electron chi connectivity index (χ4n) is 1.41. The highest BCUT2D eigenvalue weighted by molar-refractivity contribution is 7.15. The third-order valence-electron chi connectivity index (χ3n) is 2.46. The molecule has 1 heterocycles. The maximum absolute atomic E-state index is 13.5. The average Bonchev–Trinajstić information content (AvgIpc) is 2.76. The number of anilines is 1. The van der Waals surface area contributed by atoms with Gasteiger partial charge in [-0.15, -0.1) is 10.2 Å². The monoisotopic (exact) mass is 297 g/mol. The number of carbonyl (C=O) groups excluding carboxylic acids is 1. The average molecular weight is 297 g/mol. The molecule has 1 amide bonds. The van der Waals surface area contributed by atoms with E-state index in [4.69, 9.17) is 0 Å². The lowest BCUT2D eigenvalue weighted by Gasteiger charge is -2.12. The van der Waals surface area contributed by atoms with Gasteiger partial charge in [0, 0.05) is 11.5 Å². The van der Waals surface area contributed by atoms with Gasteiger partial charge in [-0.2, -0.15) is 0 Å². The van der Waals surface area contributed by atoms with Gasteiger partial charge in [0.25, 0.3) is 5.91 Å². The fourth-order valence-corrected chi connectivity index (χ4v) is 2.21. The smallest absolute Gasteiger partial charge is 0.260 e. The lowest BCUT2D eigenvalue weighted by Crippen LogP contribution is -2.13. The van der Waals surface area contributed by atoms with Crippen molar-refractivity contribution in [2.75, 3.05) is 5.32 Å². The third kappa shape index (κ3) is 3.16. The second-order valence-corrected chi connectivity index (χ2v) is 6.22. The van der Waals surface area contributed by atoms with Crippen molar-refractivity contribution in [1.29, 1.82) is 0 Å². The van der Waals surface area contributed by atoms with Gasteiger partial charge in [0.05, 0.1) is 5.56 Å². The van der Waals surface area contributed by atoms with Crippen LogP contribution >= 0.6 is 11.3 Å². The summed E-state index contributed by atoms with van der Waals surface area (Å²) in [6, 6.07) is 2.78. The van der Waals surface area contributed by atoms with Gasteiger partial charge < -0.3 is 0 Å². The second-order valence-electron chi connectivity index (χ2n) is 5.24. The molecule has 4 nitrogen and oxygen atoms in total. The van der Waals surface area contributed by atoms with E-state index in [9.17, 15) is 13.6 Å².